The second-order valence-corrected chi connectivity index (χ2v) is 11.0. The first-order valence-corrected chi connectivity index (χ1v) is 11.6. The van der Waals surface area contributed by atoms with Crippen LogP contribution in [0.3, 0.4) is 0 Å². The molecule has 1 atom stereocenters. The molecule has 0 aliphatic heterocycles. The minimum Gasteiger partial charge on any atom is -0.336 e. The van der Waals surface area contributed by atoms with Crippen LogP contribution in [0, 0.1) is 23.2 Å². The normalized spacial score (nSPS) is 31.9. The van der Waals surface area contributed by atoms with E-state index in [-0.39, 0.29) is 15.7 Å². The number of hydrogen-bond acceptors (Lipinski definition) is 2. The Kier molecular flexibility index (Phi) is 4.93. The van der Waals surface area contributed by atoms with Gasteiger partial charge in [0.05, 0.1) is 16.9 Å². The maximum Gasteiger partial charge on any atom is 0.417 e. The molecule has 0 N–H and O–H groups in total. The molecule has 0 saturated heterocycles. The first-order valence-electron chi connectivity index (χ1n) is 10.3. The van der Waals surface area contributed by atoms with Crippen molar-refractivity contribution < 1.29 is 13.2 Å². The molecule has 4 bridgehead atoms. The van der Waals surface area contributed by atoms with Crippen LogP contribution in [0.4, 0.5) is 13.2 Å². The summed E-state index contributed by atoms with van der Waals surface area (Å²) in [5.74, 6) is 2.38. The van der Waals surface area contributed by atoms with E-state index in [4.69, 9.17) is 11.6 Å². The minimum atomic E-state index is -4.44. The van der Waals surface area contributed by atoms with Crippen LogP contribution in [-0.2, 0) is 12.7 Å². The molecule has 29 heavy (non-hydrogen) atoms. The van der Waals surface area contributed by atoms with Gasteiger partial charge in [0.15, 0.2) is 0 Å². The van der Waals surface area contributed by atoms with Crippen molar-refractivity contribution in [2.75, 3.05) is 0 Å². The molecule has 4 aliphatic carbocycles. The number of nitrogens with zero attached hydrogens (tertiary/aromatic N) is 2. The Morgan fingerprint density at radius 3 is 2.34 bits per heavy atom. The summed E-state index contributed by atoms with van der Waals surface area (Å²) < 4.78 is 42.2. The highest BCUT2D eigenvalue weighted by molar-refractivity contribution is 8.00. The van der Waals surface area contributed by atoms with E-state index in [1.807, 2.05) is 12.5 Å². The lowest BCUT2D eigenvalue weighted by Gasteiger charge is -2.59. The van der Waals surface area contributed by atoms with E-state index in [1.54, 1.807) is 24.0 Å². The fourth-order valence-corrected chi connectivity index (χ4v) is 8.14. The quantitative estimate of drug-likeness (QED) is 0.469. The van der Waals surface area contributed by atoms with Gasteiger partial charge in [-0.15, -0.1) is 11.8 Å². The Morgan fingerprint density at radius 1 is 1.14 bits per heavy atom. The van der Waals surface area contributed by atoms with Crippen LogP contribution in [0.2, 0.25) is 5.02 Å². The summed E-state index contributed by atoms with van der Waals surface area (Å²) in [5, 5.41) is -0.00447. The first kappa shape index (κ1) is 19.8. The van der Waals surface area contributed by atoms with E-state index >= 15 is 0 Å². The monoisotopic (exact) mass is 440 g/mol. The van der Waals surface area contributed by atoms with Crippen molar-refractivity contribution >= 4 is 23.4 Å². The summed E-state index contributed by atoms with van der Waals surface area (Å²) in [7, 11) is 0. The van der Waals surface area contributed by atoms with Gasteiger partial charge in [-0.2, -0.15) is 13.2 Å². The largest absolute Gasteiger partial charge is 0.417 e. The molecule has 2 aromatic rings. The molecule has 156 valence electrons. The van der Waals surface area contributed by atoms with E-state index < -0.39 is 11.7 Å². The van der Waals surface area contributed by atoms with Crippen LogP contribution < -0.4 is 0 Å². The van der Waals surface area contributed by atoms with Crippen molar-refractivity contribution in [2.45, 2.75) is 61.4 Å². The molecular weight excluding hydrogens is 417 g/mol. The predicted molar refractivity (Wildman–Crippen MR) is 109 cm³/mol. The second-order valence-electron chi connectivity index (χ2n) is 9.29. The van der Waals surface area contributed by atoms with Gasteiger partial charge < -0.3 is 4.57 Å². The van der Waals surface area contributed by atoms with Crippen LogP contribution in [0.15, 0.2) is 41.8 Å². The van der Waals surface area contributed by atoms with Crippen LogP contribution in [0.5, 0.6) is 0 Å². The average Bonchev–Trinajstić information content (AvgIpc) is 3.14. The van der Waals surface area contributed by atoms with Gasteiger partial charge in [0, 0.05) is 29.1 Å². The highest BCUT2D eigenvalue weighted by Gasteiger charge is 2.54. The van der Waals surface area contributed by atoms with Gasteiger partial charge in [-0.05, 0) is 79.9 Å². The van der Waals surface area contributed by atoms with Crippen molar-refractivity contribution in [1.29, 1.82) is 0 Å². The van der Waals surface area contributed by atoms with E-state index in [0.717, 1.165) is 24.3 Å². The van der Waals surface area contributed by atoms with E-state index in [1.165, 1.54) is 50.7 Å². The molecule has 4 saturated carbocycles. The third-order valence-corrected chi connectivity index (χ3v) is 9.02. The summed E-state index contributed by atoms with van der Waals surface area (Å²) in [6.45, 7) is 0.779. The van der Waals surface area contributed by atoms with E-state index in [0.29, 0.717) is 4.90 Å². The van der Waals surface area contributed by atoms with Gasteiger partial charge in [-0.1, -0.05) is 11.6 Å². The first-order chi connectivity index (χ1) is 13.8. The van der Waals surface area contributed by atoms with E-state index in [2.05, 4.69) is 9.55 Å². The third kappa shape index (κ3) is 3.83. The Balaban J connectivity index is 1.47. The molecule has 1 aromatic carbocycles. The van der Waals surface area contributed by atoms with Crippen LogP contribution in [0.1, 0.15) is 44.1 Å². The molecule has 0 spiro atoms. The Hall–Kier alpha value is -1.14. The maximum atomic E-state index is 13.4. The highest BCUT2D eigenvalue weighted by Crippen LogP contribution is 2.63. The lowest BCUT2D eigenvalue weighted by Crippen LogP contribution is -2.51. The Labute approximate surface area is 178 Å². The molecule has 0 amide bonds. The SMILES string of the molecule is FC(F)(F)c1cc(SC(Cn2ccnc2)C23CC4CC(CC(C4)C2)C3)ccc1Cl. The molecule has 4 aliphatic rings. The number of aromatic nitrogens is 2. The lowest BCUT2D eigenvalue weighted by molar-refractivity contribution is -0.137. The van der Waals surface area contributed by atoms with Gasteiger partial charge in [0.1, 0.15) is 0 Å². The summed E-state index contributed by atoms with van der Waals surface area (Å²) in [6, 6.07) is 4.36. The number of halogens is 4. The number of imidazole rings is 1. The number of alkyl halides is 3. The zero-order valence-corrected chi connectivity index (χ0v) is 17.6. The topological polar surface area (TPSA) is 17.8 Å². The number of rotatable bonds is 5. The molecule has 1 heterocycles. The smallest absolute Gasteiger partial charge is 0.336 e. The fourth-order valence-electron chi connectivity index (χ4n) is 6.47. The van der Waals surface area contributed by atoms with Gasteiger partial charge >= 0.3 is 6.18 Å². The second kappa shape index (κ2) is 7.23. The molecule has 6 rings (SSSR count). The number of hydrogen-bond donors (Lipinski definition) is 0. The number of benzene rings is 1. The predicted octanol–water partition coefficient (Wildman–Crippen LogP) is 6.93. The zero-order chi connectivity index (χ0) is 20.2. The maximum absolute atomic E-state index is 13.4. The van der Waals surface area contributed by atoms with Gasteiger partial charge in [-0.25, -0.2) is 4.98 Å². The summed E-state index contributed by atoms with van der Waals surface area (Å²) in [5.41, 5.74) is -0.530. The molecule has 0 radical (unpaired) electrons. The molecule has 7 heteroatoms. The Morgan fingerprint density at radius 2 is 1.79 bits per heavy atom. The molecular formula is C22H24ClF3N2S. The summed E-state index contributed by atoms with van der Waals surface area (Å²) in [6.07, 6.45) is 8.79. The van der Waals surface area contributed by atoms with E-state index in [9.17, 15) is 13.2 Å². The summed E-state index contributed by atoms with van der Waals surface area (Å²) in [4.78, 5) is 4.83. The highest BCUT2D eigenvalue weighted by atomic mass is 35.5. The fraction of sp³-hybridized carbons (Fsp3) is 0.591. The van der Waals surface area contributed by atoms with Crippen molar-refractivity contribution in [1.82, 2.24) is 9.55 Å². The van der Waals surface area contributed by atoms with Crippen LogP contribution in [0.25, 0.3) is 0 Å². The van der Waals surface area contributed by atoms with Crippen molar-refractivity contribution in [3.05, 3.63) is 47.5 Å². The molecule has 4 fully saturated rings. The van der Waals surface area contributed by atoms with Gasteiger partial charge in [0.25, 0.3) is 0 Å². The molecule has 1 aromatic heterocycles. The molecule has 1 unspecified atom stereocenters. The standard InChI is InChI=1S/C22H24ClF3N2S/c23-19-2-1-17(8-18(19)22(24,25)26)29-20(12-28-4-3-27-13-28)21-9-14-5-15(10-21)7-16(6-14)11-21/h1-4,8,13-16,20H,5-7,9-12H2. The van der Waals surface area contributed by atoms with Crippen molar-refractivity contribution in [2.24, 2.45) is 23.2 Å². The van der Waals surface area contributed by atoms with Crippen molar-refractivity contribution in [3.63, 3.8) is 0 Å². The van der Waals surface area contributed by atoms with Crippen LogP contribution >= 0.6 is 23.4 Å². The van der Waals surface area contributed by atoms with Gasteiger partial charge in [0.2, 0.25) is 0 Å². The number of thioether (sulfide) groups is 1. The van der Waals surface area contributed by atoms with Crippen LogP contribution in [-0.4, -0.2) is 14.8 Å². The Bertz CT molecular complexity index is 845. The average molecular weight is 441 g/mol. The van der Waals surface area contributed by atoms with Gasteiger partial charge in [-0.3, -0.25) is 0 Å². The minimum absolute atomic E-state index is 0.210. The zero-order valence-electron chi connectivity index (χ0n) is 16.0. The summed E-state index contributed by atoms with van der Waals surface area (Å²) >= 11 is 7.45. The molecule has 2 nitrogen and oxygen atoms in total. The third-order valence-electron chi connectivity index (χ3n) is 7.23. The van der Waals surface area contributed by atoms with Crippen molar-refractivity contribution in [3.8, 4) is 0 Å². The lowest BCUT2D eigenvalue weighted by atomic mass is 9.48.